The molecule has 3 N–H and O–H groups in total. The van der Waals surface area contributed by atoms with Crippen molar-refractivity contribution in [3.05, 3.63) is 29.3 Å². The minimum atomic E-state index is 0.0606. The SMILES string of the molecule is CCN(C(=O)c1ccc(O)cc1C)C1CCC(N)CC1. The van der Waals surface area contributed by atoms with Gasteiger partial charge in [0.25, 0.3) is 5.91 Å². The first kappa shape index (κ1) is 14.9. The topological polar surface area (TPSA) is 66.6 Å². The molecule has 20 heavy (non-hydrogen) atoms. The van der Waals surface area contributed by atoms with Gasteiger partial charge in [-0.3, -0.25) is 4.79 Å². The molecule has 4 nitrogen and oxygen atoms in total. The monoisotopic (exact) mass is 276 g/mol. The number of carbonyl (C=O) groups is 1. The minimum Gasteiger partial charge on any atom is -0.508 e. The Morgan fingerprint density at radius 3 is 2.55 bits per heavy atom. The normalized spacial score (nSPS) is 22.6. The molecule has 0 bridgehead atoms. The molecule has 0 aliphatic heterocycles. The van der Waals surface area contributed by atoms with E-state index in [1.807, 2.05) is 18.7 Å². The molecule has 0 spiro atoms. The van der Waals surface area contributed by atoms with Crippen molar-refractivity contribution in [3.63, 3.8) is 0 Å². The Hall–Kier alpha value is -1.55. The average molecular weight is 276 g/mol. The molecule has 0 unspecified atom stereocenters. The molecule has 0 saturated heterocycles. The zero-order valence-corrected chi connectivity index (χ0v) is 12.3. The van der Waals surface area contributed by atoms with Gasteiger partial charge in [0.2, 0.25) is 0 Å². The van der Waals surface area contributed by atoms with Crippen molar-refractivity contribution in [1.82, 2.24) is 4.90 Å². The molecule has 110 valence electrons. The summed E-state index contributed by atoms with van der Waals surface area (Å²) in [5.41, 5.74) is 7.44. The number of carbonyl (C=O) groups excluding carboxylic acids is 1. The van der Waals surface area contributed by atoms with Gasteiger partial charge in [-0.05, 0) is 63.3 Å². The van der Waals surface area contributed by atoms with Gasteiger partial charge < -0.3 is 15.7 Å². The number of phenols is 1. The predicted molar refractivity (Wildman–Crippen MR) is 79.8 cm³/mol. The largest absolute Gasteiger partial charge is 0.508 e. The number of amides is 1. The molecule has 0 aromatic heterocycles. The van der Waals surface area contributed by atoms with Gasteiger partial charge in [0.1, 0.15) is 5.75 Å². The second kappa shape index (κ2) is 6.27. The molecule has 1 saturated carbocycles. The second-order valence-electron chi connectivity index (χ2n) is 5.66. The highest BCUT2D eigenvalue weighted by Crippen LogP contribution is 2.25. The summed E-state index contributed by atoms with van der Waals surface area (Å²) in [7, 11) is 0. The number of hydrogen-bond acceptors (Lipinski definition) is 3. The molecule has 1 aliphatic carbocycles. The zero-order chi connectivity index (χ0) is 14.7. The van der Waals surface area contributed by atoms with Crippen molar-refractivity contribution < 1.29 is 9.90 Å². The highest BCUT2D eigenvalue weighted by Gasteiger charge is 2.27. The van der Waals surface area contributed by atoms with Crippen LogP contribution in [0.2, 0.25) is 0 Å². The highest BCUT2D eigenvalue weighted by atomic mass is 16.3. The maximum atomic E-state index is 12.7. The summed E-state index contributed by atoms with van der Waals surface area (Å²) in [6.07, 6.45) is 3.95. The second-order valence-corrected chi connectivity index (χ2v) is 5.66. The van der Waals surface area contributed by atoms with Crippen LogP contribution in [0, 0.1) is 6.92 Å². The summed E-state index contributed by atoms with van der Waals surface area (Å²) in [6.45, 7) is 4.58. The Morgan fingerprint density at radius 1 is 1.35 bits per heavy atom. The lowest BCUT2D eigenvalue weighted by Crippen LogP contribution is -2.44. The Kier molecular flexibility index (Phi) is 4.65. The molecule has 4 heteroatoms. The van der Waals surface area contributed by atoms with Gasteiger partial charge >= 0.3 is 0 Å². The van der Waals surface area contributed by atoms with Crippen molar-refractivity contribution >= 4 is 5.91 Å². The first-order valence-corrected chi connectivity index (χ1v) is 7.39. The van der Waals surface area contributed by atoms with E-state index in [1.54, 1.807) is 18.2 Å². The van der Waals surface area contributed by atoms with E-state index in [0.717, 1.165) is 31.2 Å². The minimum absolute atomic E-state index is 0.0606. The Morgan fingerprint density at radius 2 is 2.00 bits per heavy atom. The highest BCUT2D eigenvalue weighted by molar-refractivity contribution is 5.96. The lowest BCUT2D eigenvalue weighted by Gasteiger charge is -2.35. The third-order valence-electron chi connectivity index (χ3n) is 4.22. The molecule has 1 aromatic rings. The molecule has 1 aliphatic rings. The number of nitrogens with two attached hydrogens (primary N) is 1. The first-order valence-electron chi connectivity index (χ1n) is 7.39. The maximum absolute atomic E-state index is 12.7. The van der Waals surface area contributed by atoms with E-state index in [4.69, 9.17) is 5.73 Å². The number of hydrogen-bond donors (Lipinski definition) is 2. The van der Waals surface area contributed by atoms with E-state index in [1.165, 1.54) is 0 Å². The van der Waals surface area contributed by atoms with Crippen LogP contribution in [0.25, 0.3) is 0 Å². The summed E-state index contributed by atoms with van der Waals surface area (Å²) in [4.78, 5) is 14.7. The van der Waals surface area contributed by atoms with Crippen LogP contribution in [0.1, 0.15) is 48.5 Å². The average Bonchev–Trinajstić information content (AvgIpc) is 2.41. The lowest BCUT2D eigenvalue weighted by molar-refractivity contribution is 0.0640. The molecule has 1 fully saturated rings. The van der Waals surface area contributed by atoms with Gasteiger partial charge in [0, 0.05) is 24.2 Å². The third kappa shape index (κ3) is 3.12. The molecule has 1 aromatic carbocycles. The van der Waals surface area contributed by atoms with E-state index in [0.29, 0.717) is 18.2 Å². The number of rotatable bonds is 3. The van der Waals surface area contributed by atoms with E-state index >= 15 is 0 Å². The van der Waals surface area contributed by atoms with Gasteiger partial charge in [-0.15, -0.1) is 0 Å². The number of phenolic OH excluding ortho intramolecular Hbond substituents is 1. The molecule has 1 amide bonds. The van der Waals surface area contributed by atoms with E-state index in [-0.39, 0.29) is 17.7 Å². The molecule has 0 heterocycles. The number of aromatic hydroxyl groups is 1. The fraction of sp³-hybridized carbons (Fsp3) is 0.562. The van der Waals surface area contributed by atoms with Gasteiger partial charge in [-0.25, -0.2) is 0 Å². The molecular weight excluding hydrogens is 252 g/mol. The Labute approximate surface area is 120 Å². The van der Waals surface area contributed by atoms with Crippen LogP contribution in [-0.2, 0) is 0 Å². The van der Waals surface area contributed by atoms with Crippen LogP contribution in [0.15, 0.2) is 18.2 Å². The maximum Gasteiger partial charge on any atom is 0.254 e. The Balaban J connectivity index is 2.16. The van der Waals surface area contributed by atoms with Crippen LogP contribution in [0.3, 0.4) is 0 Å². The van der Waals surface area contributed by atoms with Crippen LogP contribution in [0.5, 0.6) is 5.75 Å². The van der Waals surface area contributed by atoms with Crippen LogP contribution >= 0.6 is 0 Å². The third-order valence-corrected chi connectivity index (χ3v) is 4.22. The smallest absolute Gasteiger partial charge is 0.254 e. The number of nitrogens with zero attached hydrogens (tertiary/aromatic N) is 1. The fourth-order valence-electron chi connectivity index (χ4n) is 3.02. The predicted octanol–water partition coefficient (Wildman–Crippen LogP) is 2.43. The fourth-order valence-corrected chi connectivity index (χ4v) is 3.02. The van der Waals surface area contributed by atoms with E-state index in [9.17, 15) is 9.90 Å². The molecule has 0 atom stereocenters. The van der Waals surface area contributed by atoms with Gasteiger partial charge in [-0.1, -0.05) is 0 Å². The molecule has 2 rings (SSSR count). The van der Waals surface area contributed by atoms with Crippen molar-refractivity contribution in [2.45, 2.75) is 51.6 Å². The molecule has 0 radical (unpaired) electrons. The quantitative estimate of drug-likeness (QED) is 0.891. The number of benzene rings is 1. The first-order chi connectivity index (χ1) is 9.52. The van der Waals surface area contributed by atoms with Crippen LogP contribution in [-0.4, -0.2) is 34.5 Å². The number of aryl methyl sites for hydroxylation is 1. The van der Waals surface area contributed by atoms with Crippen molar-refractivity contribution in [3.8, 4) is 5.75 Å². The van der Waals surface area contributed by atoms with Crippen LogP contribution in [0.4, 0.5) is 0 Å². The van der Waals surface area contributed by atoms with E-state index < -0.39 is 0 Å². The summed E-state index contributed by atoms with van der Waals surface area (Å²) in [6, 6.07) is 5.50. The van der Waals surface area contributed by atoms with Crippen LogP contribution < -0.4 is 5.73 Å². The van der Waals surface area contributed by atoms with Crippen molar-refractivity contribution in [2.24, 2.45) is 5.73 Å². The van der Waals surface area contributed by atoms with Gasteiger partial charge in [0.05, 0.1) is 0 Å². The molecular formula is C16H24N2O2. The standard InChI is InChI=1S/C16H24N2O2/c1-3-18(13-6-4-12(17)5-7-13)16(20)15-9-8-14(19)10-11(15)2/h8-10,12-13,19H,3-7,17H2,1-2H3. The lowest BCUT2D eigenvalue weighted by atomic mass is 9.90. The van der Waals surface area contributed by atoms with Crippen molar-refractivity contribution in [1.29, 1.82) is 0 Å². The van der Waals surface area contributed by atoms with Gasteiger partial charge in [-0.2, -0.15) is 0 Å². The summed E-state index contributed by atoms with van der Waals surface area (Å²) in [5, 5.41) is 9.45. The van der Waals surface area contributed by atoms with Crippen molar-refractivity contribution in [2.75, 3.05) is 6.54 Å². The zero-order valence-electron chi connectivity index (χ0n) is 12.3. The van der Waals surface area contributed by atoms with E-state index in [2.05, 4.69) is 0 Å². The van der Waals surface area contributed by atoms with Gasteiger partial charge in [0.15, 0.2) is 0 Å². The summed E-state index contributed by atoms with van der Waals surface area (Å²) < 4.78 is 0. The summed E-state index contributed by atoms with van der Waals surface area (Å²) >= 11 is 0. The Bertz CT molecular complexity index is 479. The summed E-state index contributed by atoms with van der Waals surface area (Å²) in [5.74, 6) is 0.260.